The highest BCUT2D eigenvalue weighted by Crippen LogP contribution is 2.52. The quantitative estimate of drug-likeness (QED) is 0.136. The summed E-state index contributed by atoms with van der Waals surface area (Å²) in [5, 5.41) is 2.56. The molecule has 0 saturated carbocycles. The molecule has 2 aliphatic carbocycles. The Balaban J connectivity index is 0.843. The minimum atomic E-state index is -0.118. The van der Waals surface area contributed by atoms with Crippen molar-refractivity contribution in [3.05, 3.63) is 263 Å². The van der Waals surface area contributed by atoms with Gasteiger partial charge in [0.25, 0.3) is 0 Å². The molecule has 1 unspecified atom stereocenters. The summed E-state index contributed by atoms with van der Waals surface area (Å²) in [6, 6.07) is 84.2. The first-order valence-electron chi connectivity index (χ1n) is 24.1. The molecule has 10 aromatic rings. The molecule has 0 heteroatoms. The second kappa shape index (κ2) is 16.1. The summed E-state index contributed by atoms with van der Waals surface area (Å²) in [5.74, 6) is 0.238. The molecule has 12 rings (SSSR count). The SMILES string of the molecule is CC1(C)c2cc(CCC(c3ccc(-c4ccccc4)cc3)c3ccc4c(c3)C(C)(C)c3cc(-c5ccccc5)ccc3-4)ccc2-c2ccc(-c3ccc(-c4cccc5ccccc45)cc3)cc21. The van der Waals surface area contributed by atoms with Gasteiger partial charge < -0.3 is 0 Å². The lowest BCUT2D eigenvalue weighted by Gasteiger charge is -2.25. The van der Waals surface area contributed by atoms with Gasteiger partial charge in [0.15, 0.2) is 0 Å². The largest absolute Gasteiger partial charge is 0.0622 e. The predicted molar refractivity (Wildman–Crippen MR) is 284 cm³/mol. The number of fused-ring (bicyclic) bond motifs is 7. The number of benzene rings is 10. The van der Waals surface area contributed by atoms with Crippen molar-refractivity contribution < 1.29 is 0 Å². The van der Waals surface area contributed by atoms with Gasteiger partial charge in [-0.15, -0.1) is 0 Å². The molecule has 0 N–H and O–H groups in total. The van der Waals surface area contributed by atoms with Crippen LogP contribution in [0.5, 0.6) is 0 Å². The smallest absolute Gasteiger partial charge is 0.0159 e. The van der Waals surface area contributed by atoms with Crippen molar-refractivity contribution in [1.82, 2.24) is 0 Å². The van der Waals surface area contributed by atoms with Crippen molar-refractivity contribution in [2.24, 2.45) is 0 Å². The summed E-state index contributed by atoms with van der Waals surface area (Å²) in [5.41, 5.74) is 25.1. The first kappa shape index (κ1) is 40.9. The fraction of sp³-hybridized carbons (Fsp3) is 0.134. The molecule has 322 valence electrons. The molecule has 0 aromatic heterocycles. The summed E-state index contributed by atoms with van der Waals surface area (Å²) >= 11 is 0. The Morgan fingerprint density at radius 1 is 0.313 bits per heavy atom. The van der Waals surface area contributed by atoms with Crippen LogP contribution in [-0.2, 0) is 17.3 Å². The highest BCUT2D eigenvalue weighted by atomic mass is 14.4. The van der Waals surface area contributed by atoms with Crippen LogP contribution in [0.15, 0.2) is 224 Å². The second-order valence-corrected chi connectivity index (χ2v) is 20.0. The molecule has 0 spiro atoms. The monoisotopic (exact) mass is 858 g/mol. The summed E-state index contributed by atoms with van der Waals surface area (Å²) in [6.45, 7) is 9.66. The van der Waals surface area contributed by atoms with Gasteiger partial charge in [-0.3, -0.25) is 0 Å². The molecular weight excluding hydrogens is 805 g/mol. The standard InChI is InChI=1S/C67H54/c1-66(2)62-40-44(23-36-58(62)59-38-33-53(42-63(59)66)48-26-30-51(31-27-48)57-21-13-19-49-18-11-12-20-56(49)57)22-35-55(50-28-24-47(25-29-50)45-14-7-5-8-15-45)54-34-39-61-60-37-32-52(46-16-9-6-10-17-46)41-64(60)67(3,4)65(61)43-54/h5-21,23-34,36-43,55H,22,35H2,1-4H3. The van der Waals surface area contributed by atoms with Crippen LogP contribution in [0.25, 0.3) is 77.5 Å². The number of rotatable bonds is 9. The van der Waals surface area contributed by atoms with Gasteiger partial charge in [0.05, 0.1) is 0 Å². The normalized spacial score (nSPS) is 14.3. The van der Waals surface area contributed by atoms with Crippen LogP contribution < -0.4 is 0 Å². The molecule has 67 heavy (non-hydrogen) atoms. The third kappa shape index (κ3) is 7.06. The van der Waals surface area contributed by atoms with Gasteiger partial charge >= 0.3 is 0 Å². The van der Waals surface area contributed by atoms with Gasteiger partial charge in [-0.2, -0.15) is 0 Å². The van der Waals surface area contributed by atoms with E-state index in [4.69, 9.17) is 0 Å². The Morgan fingerprint density at radius 3 is 1.39 bits per heavy atom. The minimum Gasteiger partial charge on any atom is -0.0622 e. The van der Waals surface area contributed by atoms with E-state index in [1.165, 1.54) is 116 Å². The van der Waals surface area contributed by atoms with E-state index in [9.17, 15) is 0 Å². The molecular formula is C67H54. The van der Waals surface area contributed by atoms with E-state index in [0.29, 0.717) is 0 Å². The average Bonchev–Trinajstić information content (AvgIpc) is 3.75. The van der Waals surface area contributed by atoms with Crippen molar-refractivity contribution in [2.45, 2.75) is 57.3 Å². The lowest BCUT2D eigenvalue weighted by molar-refractivity contribution is 0.652. The third-order valence-corrected chi connectivity index (χ3v) is 15.4. The molecule has 0 nitrogen and oxygen atoms in total. The lowest BCUT2D eigenvalue weighted by atomic mass is 9.78. The molecule has 10 aromatic carbocycles. The highest BCUT2D eigenvalue weighted by molar-refractivity contribution is 5.97. The molecule has 0 aliphatic heterocycles. The molecule has 1 atom stereocenters. The van der Waals surface area contributed by atoms with Crippen LogP contribution in [0.3, 0.4) is 0 Å². The van der Waals surface area contributed by atoms with Crippen molar-refractivity contribution >= 4 is 10.8 Å². The van der Waals surface area contributed by atoms with Crippen molar-refractivity contribution in [3.8, 4) is 66.8 Å². The highest BCUT2D eigenvalue weighted by Gasteiger charge is 2.38. The van der Waals surface area contributed by atoms with E-state index in [2.05, 4.69) is 252 Å². The maximum absolute atomic E-state index is 2.55. The van der Waals surface area contributed by atoms with Crippen LogP contribution in [0.2, 0.25) is 0 Å². The summed E-state index contributed by atoms with van der Waals surface area (Å²) in [4.78, 5) is 0. The topological polar surface area (TPSA) is 0 Å². The Bertz CT molecular complexity index is 3470. The average molecular weight is 859 g/mol. The summed E-state index contributed by atoms with van der Waals surface area (Å²) in [6.07, 6.45) is 2.00. The first-order chi connectivity index (χ1) is 32.7. The molecule has 0 heterocycles. The van der Waals surface area contributed by atoms with Gasteiger partial charge in [0, 0.05) is 16.7 Å². The number of hydrogen-bond acceptors (Lipinski definition) is 0. The summed E-state index contributed by atoms with van der Waals surface area (Å²) in [7, 11) is 0. The lowest BCUT2D eigenvalue weighted by Crippen LogP contribution is -2.16. The van der Waals surface area contributed by atoms with Crippen molar-refractivity contribution in [2.75, 3.05) is 0 Å². The molecule has 0 radical (unpaired) electrons. The van der Waals surface area contributed by atoms with E-state index < -0.39 is 0 Å². The summed E-state index contributed by atoms with van der Waals surface area (Å²) < 4.78 is 0. The maximum Gasteiger partial charge on any atom is 0.0159 e. The van der Waals surface area contributed by atoms with Gasteiger partial charge in [0.1, 0.15) is 0 Å². The second-order valence-electron chi connectivity index (χ2n) is 20.0. The number of aryl methyl sites for hydroxylation is 1. The van der Waals surface area contributed by atoms with Crippen LogP contribution in [-0.4, -0.2) is 0 Å². The third-order valence-electron chi connectivity index (χ3n) is 15.4. The van der Waals surface area contributed by atoms with E-state index >= 15 is 0 Å². The molecule has 0 amide bonds. The predicted octanol–water partition coefficient (Wildman–Crippen LogP) is 17.9. The Morgan fingerprint density at radius 2 is 0.746 bits per heavy atom. The van der Waals surface area contributed by atoms with E-state index in [0.717, 1.165) is 12.8 Å². The zero-order valence-electron chi connectivity index (χ0n) is 38.9. The van der Waals surface area contributed by atoms with Crippen molar-refractivity contribution in [3.63, 3.8) is 0 Å². The molecule has 0 bridgehead atoms. The van der Waals surface area contributed by atoms with E-state index in [1.54, 1.807) is 0 Å². The van der Waals surface area contributed by atoms with Gasteiger partial charge in [-0.25, -0.2) is 0 Å². The van der Waals surface area contributed by atoms with Crippen LogP contribution in [0.1, 0.15) is 79.0 Å². The van der Waals surface area contributed by atoms with E-state index in [1.807, 2.05) is 0 Å². The molecule has 0 saturated heterocycles. The van der Waals surface area contributed by atoms with Crippen LogP contribution in [0.4, 0.5) is 0 Å². The van der Waals surface area contributed by atoms with Gasteiger partial charge in [-0.05, 0) is 141 Å². The Hall–Kier alpha value is -7.54. The van der Waals surface area contributed by atoms with Gasteiger partial charge in [-0.1, -0.05) is 240 Å². The fourth-order valence-electron chi connectivity index (χ4n) is 11.6. The van der Waals surface area contributed by atoms with Gasteiger partial charge in [0.2, 0.25) is 0 Å². The maximum atomic E-state index is 2.55. The van der Waals surface area contributed by atoms with Crippen LogP contribution in [0, 0.1) is 0 Å². The Kier molecular flexibility index (Phi) is 9.84. The molecule has 2 aliphatic rings. The van der Waals surface area contributed by atoms with Crippen molar-refractivity contribution in [1.29, 1.82) is 0 Å². The Labute approximate surface area is 396 Å². The fourth-order valence-corrected chi connectivity index (χ4v) is 11.6. The number of hydrogen-bond donors (Lipinski definition) is 0. The van der Waals surface area contributed by atoms with Crippen LogP contribution >= 0.6 is 0 Å². The minimum absolute atomic E-state index is 0.116. The van der Waals surface area contributed by atoms with E-state index in [-0.39, 0.29) is 16.7 Å². The zero-order chi connectivity index (χ0) is 45.3. The zero-order valence-corrected chi connectivity index (χ0v) is 38.9. The first-order valence-corrected chi connectivity index (χ1v) is 24.1. The molecule has 0 fully saturated rings.